The van der Waals surface area contributed by atoms with E-state index in [4.69, 9.17) is 14.2 Å². The number of ether oxygens (including phenoxy) is 3. The first-order valence-electron chi connectivity index (χ1n) is 11.1. The first kappa shape index (κ1) is 22.8. The molecule has 10 nitrogen and oxygen atoms in total. The van der Waals surface area contributed by atoms with Gasteiger partial charge in [-0.15, -0.1) is 4.40 Å². The molecule has 12 heteroatoms. The van der Waals surface area contributed by atoms with Crippen LogP contribution in [0.4, 0.5) is 10.1 Å². The molecular weight excluding hydrogens is 469 g/mol. The van der Waals surface area contributed by atoms with Crippen LogP contribution in [0.25, 0.3) is 10.9 Å². The highest BCUT2D eigenvalue weighted by Crippen LogP contribution is 2.45. The molecule has 0 unspecified atom stereocenters. The molecule has 5 rings (SSSR count). The van der Waals surface area contributed by atoms with Crippen molar-refractivity contribution < 1.29 is 31.8 Å². The molecule has 0 atom stereocenters. The Balaban J connectivity index is 1.64. The van der Waals surface area contributed by atoms with Gasteiger partial charge in [-0.2, -0.15) is 12.7 Å². The molecule has 1 aliphatic carbocycles. The number of anilines is 1. The van der Waals surface area contributed by atoms with Crippen molar-refractivity contribution in [2.24, 2.45) is 10.3 Å². The summed E-state index contributed by atoms with van der Waals surface area (Å²) in [5, 5.41) is -0.0300. The number of amides is 1. The number of pyridine rings is 1. The average Bonchev–Trinajstić information content (AvgIpc) is 3.53. The first-order valence-corrected chi connectivity index (χ1v) is 12.5. The van der Waals surface area contributed by atoms with Gasteiger partial charge in [-0.1, -0.05) is 25.7 Å². The molecule has 1 aromatic carbocycles. The normalized spacial score (nSPS) is 19.0. The van der Waals surface area contributed by atoms with Crippen LogP contribution < -0.4 is 19.3 Å². The predicted octanol–water partition coefficient (Wildman–Crippen LogP) is 2.30. The molecule has 0 radical (unpaired) electrons. The summed E-state index contributed by atoms with van der Waals surface area (Å²) in [6.07, 6.45) is 6.34. The van der Waals surface area contributed by atoms with Crippen molar-refractivity contribution >= 4 is 38.9 Å². The van der Waals surface area contributed by atoms with Crippen LogP contribution in [0.2, 0.25) is 0 Å². The van der Waals surface area contributed by atoms with Crippen LogP contribution in [-0.2, 0) is 32.7 Å². The lowest BCUT2D eigenvalue weighted by molar-refractivity contribution is -0.110. The molecule has 0 saturated heterocycles. The quantitative estimate of drug-likeness (QED) is 0.518. The summed E-state index contributed by atoms with van der Waals surface area (Å²) in [6.45, 7) is 0.239. The summed E-state index contributed by atoms with van der Waals surface area (Å²) in [6, 6.07) is 1.28. The first-order chi connectivity index (χ1) is 16.3. The Hall–Kier alpha value is -2.99. The molecule has 3 heterocycles. The number of carbonyl (C=O) groups excluding carboxylic acids is 1. The number of hydrogen-bond acceptors (Lipinski definition) is 7. The summed E-state index contributed by atoms with van der Waals surface area (Å²) >= 11 is 0. The molecule has 2 aromatic rings. The van der Waals surface area contributed by atoms with E-state index in [1.54, 1.807) is 0 Å². The van der Waals surface area contributed by atoms with Crippen molar-refractivity contribution in [1.82, 2.24) is 4.57 Å². The molecule has 1 amide bonds. The topological polar surface area (TPSA) is 117 Å². The number of carbonyl (C=O) groups is 1. The molecule has 1 aromatic heterocycles. The Morgan fingerprint density at radius 3 is 2.65 bits per heavy atom. The van der Waals surface area contributed by atoms with Gasteiger partial charge >= 0.3 is 10.2 Å². The van der Waals surface area contributed by atoms with Gasteiger partial charge < -0.3 is 18.8 Å². The average molecular weight is 494 g/mol. The second kappa shape index (κ2) is 8.66. The molecule has 1 fully saturated rings. The van der Waals surface area contributed by atoms with E-state index in [1.165, 1.54) is 30.6 Å². The molecule has 0 N–H and O–H groups in total. The zero-order valence-corrected chi connectivity index (χ0v) is 19.4. The Labute approximate surface area is 195 Å². The molecule has 182 valence electrons. The molecule has 2 aliphatic heterocycles. The van der Waals surface area contributed by atoms with E-state index >= 15 is 4.39 Å². The van der Waals surface area contributed by atoms with Gasteiger partial charge in [0.05, 0.1) is 12.1 Å². The third-order valence-electron chi connectivity index (χ3n) is 6.57. The molecule has 3 aliphatic rings. The number of halogens is 1. The zero-order valence-electron chi connectivity index (χ0n) is 18.6. The third-order valence-corrected chi connectivity index (χ3v) is 7.77. The minimum atomic E-state index is -4.49. The summed E-state index contributed by atoms with van der Waals surface area (Å²) in [5.41, 5.74) is -0.278. The number of nitrogens with zero attached hydrogens (tertiary/aromatic N) is 3. The fourth-order valence-corrected chi connectivity index (χ4v) is 6.01. The number of hydrogen-bond donors (Lipinski definition) is 0. The predicted molar refractivity (Wildman–Crippen MR) is 121 cm³/mol. The molecule has 0 spiro atoms. The van der Waals surface area contributed by atoms with Gasteiger partial charge in [0.2, 0.25) is 0 Å². The van der Waals surface area contributed by atoms with Crippen molar-refractivity contribution in [1.29, 1.82) is 0 Å². The minimum absolute atomic E-state index is 0.0133. The lowest BCUT2D eigenvalue weighted by Crippen LogP contribution is -2.32. The highest BCUT2D eigenvalue weighted by molar-refractivity contribution is 7.93. The van der Waals surface area contributed by atoms with Crippen LogP contribution in [0.3, 0.4) is 0 Å². The van der Waals surface area contributed by atoms with E-state index in [-0.39, 0.29) is 46.5 Å². The van der Waals surface area contributed by atoms with E-state index < -0.39 is 33.2 Å². The minimum Gasteiger partial charge on any atom is -0.488 e. The Bertz CT molecular complexity index is 1360. The van der Waals surface area contributed by atoms with Crippen LogP contribution in [0.5, 0.6) is 11.5 Å². The van der Waals surface area contributed by atoms with Crippen molar-refractivity contribution in [2.75, 3.05) is 24.8 Å². The fourth-order valence-electron chi connectivity index (χ4n) is 5.02. The number of benzene rings is 1. The second-order valence-electron chi connectivity index (χ2n) is 8.60. The van der Waals surface area contributed by atoms with E-state index in [1.807, 2.05) is 0 Å². The summed E-state index contributed by atoms with van der Waals surface area (Å²) in [7, 11) is -3.14. The zero-order chi connectivity index (χ0) is 24.0. The monoisotopic (exact) mass is 493 g/mol. The van der Waals surface area contributed by atoms with Crippen molar-refractivity contribution in [3.63, 3.8) is 0 Å². The Morgan fingerprint density at radius 2 is 1.97 bits per heavy atom. The van der Waals surface area contributed by atoms with Gasteiger partial charge in [-0.05, 0) is 24.8 Å². The maximum atomic E-state index is 16.0. The lowest BCUT2D eigenvalue weighted by Gasteiger charge is -2.22. The van der Waals surface area contributed by atoms with Gasteiger partial charge in [0.15, 0.2) is 24.1 Å². The maximum absolute atomic E-state index is 16.0. The highest BCUT2D eigenvalue weighted by atomic mass is 32.2. The SMILES string of the molecule is COCOc1c(N2C(=O)C=NS2(=O)=O)c(F)c2cc(OCCC3CCCC3)c(=O)n3c2c1CC3. The van der Waals surface area contributed by atoms with Crippen molar-refractivity contribution in [3.8, 4) is 11.5 Å². The van der Waals surface area contributed by atoms with E-state index in [0.29, 0.717) is 24.3 Å². The van der Waals surface area contributed by atoms with Crippen molar-refractivity contribution in [2.45, 2.75) is 45.1 Å². The molecule has 0 bridgehead atoms. The summed E-state index contributed by atoms with van der Waals surface area (Å²) in [5.74, 6) is -1.67. The van der Waals surface area contributed by atoms with E-state index in [0.717, 1.165) is 19.3 Å². The van der Waals surface area contributed by atoms with Crippen LogP contribution in [0, 0.1) is 11.7 Å². The largest absolute Gasteiger partial charge is 0.488 e. The summed E-state index contributed by atoms with van der Waals surface area (Å²) in [4.78, 5) is 25.4. The summed E-state index contributed by atoms with van der Waals surface area (Å²) < 4.78 is 62.1. The number of aryl methyl sites for hydroxylation is 2. The molecule has 34 heavy (non-hydrogen) atoms. The second-order valence-corrected chi connectivity index (χ2v) is 10.1. The van der Waals surface area contributed by atoms with E-state index in [2.05, 4.69) is 4.40 Å². The van der Waals surface area contributed by atoms with Gasteiger partial charge in [0.25, 0.3) is 11.5 Å². The fraction of sp³-hybridized carbons (Fsp3) is 0.500. The smallest absolute Gasteiger partial charge is 0.352 e. The lowest BCUT2D eigenvalue weighted by atomic mass is 10.0. The van der Waals surface area contributed by atoms with Crippen molar-refractivity contribution in [3.05, 3.63) is 27.8 Å². The molecular formula is C22H24FN3O7S. The number of rotatable bonds is 8. The Morgan fingerprint density at radius 1 is 1.21 bits per heavy atom. The maximum Gasteiger partial charge on any atom is 0.352 e. The van der Waals surface area contributed by atoms with Crippen LogP contribution >= 0.6 is 0 Å². The van der Waals surface area contributed by atoms with Gasteiger partial charge in [0.1, 0.15) is 11.9 Å². The van der Waals surface area contributed by atoms with Gasteiger partial charge in [0, 0.05) is 24.6 Å². The van der Waals surface area contributed by atoms with Crippen LogP contribution in [0.15, 0.2) is 15.3 Å². The Kier molecular flexibility index (Phi) is 5.80. The third kappa shape index (κ3) is 3.65. The number of aromatic nitrogens is 1. The van der Waals surface area contributed by atoms with Crippen LogP contribution in [0.1, 0.15) is 37.7 Å². The highest BCUT2D eigenvalue weighted by Gasteiger charge is 2.40. The standard InChI is InChI=1S/C22H24FN3O7S/c1-31-12-33-21-14-6-8-25-19(14)15(18(23)20(21)26-17(27)11-24-34(26,29)30)10-16(22(25)28)32-9-7-13-4-2-3-5-13/h10-11,13H,2-9,12H2,1H3. The van der Waals surface area contributed by atoms with Crippen LogP contribution in [-0.4, -0.2) is 45.6 Å². The number of methoxy groups -OCH3 is 1. The van der Waals surface area contributed by atoms with Gasteiger partial charge in [-0.25, -0.2) is 4.39 Å². The van der Waals surface area contributed by atoms with E-state index in [9.17, 15) is 18.0 Å². The molecule has 1 saturated carbocycles. The van der Waals surface area contributed by atoms with Gasteiger partial charge in [-0.3, -0.25) is 9.59 Å².